The van der Waals surface area contributed by atoms with Crippen LogP contribution in [0.3, 0.4) is 0 Å². The van der Waals surface area contributed by atoms with E-state index in [1.54, 1.807) is 30.3 Å². The van der Waals surface area contributed by atoms with Gasteiger partial charge in [0, 0.05) is 48.4 Å². The Bertz CT molecular complexity index is 1140. The molecule has 0 bridgehead atoms. The lowest BCUT2D eigenvalue weighted by molar-refractivity contribution is -0.138. The summed E-state index contributed by atoms with van der Waals surface area (Å²) in [5, 5.41) is 5.42. The first-order valence-electron chi connectivity index (χ1n) is 11.1. The smallest absolute Gasteiger partial charge is 0.254 e. The van der Waals surface area contributed by atoms with Crippen molar-refractivity contribution in [3.63, 3.8) is 0 Å². The fourth-order valence-corrected chi connectivity index (χ4v) is 4.11. The number of imide groups is 1. The molecule has 176 valence electrons. The van der Waals surface area contributed by atoms with E-state index in [1.165, 1.54) is 11.0 Å². The van der Waals surface area contributed by atoms with E-state index >= 15 is 0 Å². The topological polar surface area (TPSA) is 91.0 Å². The standard InChI is InChI=1S/C24H26BFN4O4/c1-29(2)10-11-34-16-6-7-19(26)15(12-16)13-27-20-5-3-4-17-18(20)14-30(22(17)32)24(25)9-8-21(31)28-23(24)33/h3-7,12,27H,8-11,13-14H2,1-2H3,(H,28,31,33). The molecule has 2 aromatic carbocycles. The molecular formula is C24H26BFN4O4. The normalized spacial score (nSPS) is 19.9. The first-order valence-corrected chi connectivity index (χ1v) is 11.1. The second-order valence-corrected chi connectivity index (χ2v) is 8.78. The third-order valence-corrected chi connectivity index (χ3v) is 6.12. The van der Waals surface area contributed by atoms with Crippen LogP contribution in [-0.4, -0.2) is 68.1 Å². The highest BCUT2D eigenvalue weighted by Crippen LogP contribution is 2.36. The van der Waals surface area contributed by atoms with Crippen LogP contribution in [0.2, 0.25) is 0 Å². The number of carbonyl (C=O) groups excluding carboxylic acids is 3. The molecule has 0 aliphatic carbocycles. The van der Waals surface area contributed by atoms with E-state index in [0.717, 1.165) is 6.54 Å². The zero-order valence-corrected chi connectivity index (χ0v) is 19.2. The van der Waals surface area contributed by atoms with Crippen molar-refractivity contribution in [2.45, 2.75) is 31.4 Å². The number of nitrogens with zero attached hydrogens (tertiary/aromatic N) is 2. The molecule has 1 atom stereocenters. The number of likely N-dealkylation sites (N-methyl/N-ethyl adjacent to an activating group) is 1. The maximum Gasteiger partial charge on any atom is 0.254 e. The third kappa shape index (κ3) is 4.63. The molecule has 2 heterocycles. The summed E-state index contributed by atoms with van der Waals surface area (Å²) >= 11 is 0. The largest absolute Gasteiger partial charge is 0.492 e. The van der Waals surface area contributed by atoms with Gasteiger partial charge >= 0.3 is 0 Å². The van der Waals surface area contributed by atoms with Crippen LogP contribution in [0, 0.1) is 5.82 Å². The minimum absolute atomic E-state index is 0.0476. The van der Waals surface area contributed by atoms with Crippen LogP contribution in [0.1, 0.15) is 34.3 Å². The summed E-state index contributed by atoms with van der Waals surface area (Å²) < 4.78 is 20.1. The van der Waals surface area contributed by atoms with E-state index in [0.29, 0.717) is 34.7 Å². The summed E-state index contributed by atoms with van der Waals surface area (Å²) in [7, 11) is 10.2. The van der Waals surface area contributed by atoms with Crippen LogP contribution in [0.15, 0.2) is 36.4 Å². The first kappa shape index (κ1) is 23.8. The van der Waals surface area contributed by atoms with Gasteiger partial charge in [-0.05, 0) is 50.8 Å². The van der Waals surface area contributed by atoms with Gasteiger partial charge in [0.2, 0.25) is 11.8 Å². The Morgan fingerprint density at radius 1 is 1.24 bits per heavy atom. The van der Waals surface area contributed by atoms with Crippen molar-refractivity contribution in [3.05, 3.63) is 58.9 Å². The Morgan fingerprint density at radius 3 is 2.76 bits per heavy atom. The number of hydrogen-bond acceptors (Lipinski definition) is 6. The highest BCUT2D eigenvalue weighted by Gasteiger charge is 2.48. The Kier molecular flexibility index (Phi) is 6.61. The van der Waals surface area contributed by atoms with Crippen LogP contribution in [0.5, 0.6) is 5.75 Å². The maximum atomic E-state index is 14.4. The number of anilines is 1. The second kappa shape index (κ2) is 9.46. The van der Waals surface area contributed by atoms with Crippen LogP contribution in [-0.2, 0) is 22.7 Å². The zero-order chi connectivity index (χ0) is 24.5. The highest BCUT2D eigenvalue weighted by atomic mass is 19.1. The number of rotatable bonds is 8. The van der Waals surface area contributed by atoms with Crippen molar-refractivity contribution in [3.8, 4) is 5.75 Å². The third-order valence-electron chi connectivity index (χ3n) is 6.12. The minimum Gasteiger partial charge on any atom is -0.492 e. The molecule has 2 N–H and O–H groups in total. The summed E-state index contributed by atoms with van der Waals surface area (Å²) in [6.07, 6.45) is 0.103. The molecule has 1 fully saturated rings. The predicted octanol–water partition coefficient (Wildman–Crippen LogP) is 1.64. The molecule has 10 heteroatoms. The first-order chi connectivity index (χ1) is 16.2. The molecule has 0 aromatic heterocycles. The van der Waals surface area contributed by atoms with Gasteiger partial charge in [0.05, 0.1) is 5.44 Å². The van der Waals surface area contributed by atoms with Gasteiger partial charge < -0.3 is 19.9 Å². The van der Waals surface area contributed by atoms with Gasteiger partial charge in [-0.2, -0.15) is 0 Å². The molecule has 1 unspecified atom stereocenters. The predicted molar refractivity (Wildman–Crippen MR) is 125 cm³/mol. The SMILES string of the molecule is [B]C1(N2Cc3c(NCc4cc(OCCN(C)C)ccc4F)cccc3C2=O)CCC(=O)NC1=O. The van der Waals surface area contributed by atoms with Crippen LogP contribution < -0.4 is 15.4 Å². The molecule has 8 nitrogen and oxygen atoms in total. The van der Waals surface area contributed by atoms with Gasteiger partial charge in [0.15, 0.2) is 0 Å². The van der Waals surface area contributed by atoms with Crippen molar-refractivity contribution in [2.24, 2.45) is 0 Å². The minimum atomic E-state index is -1.61. The quantitative estimate of drug-likeness (QED) is 0.456. The Morgan fingerprint density at radius 2 is 2.03 bits per heavy atom. The highest BCUT2D eigenvalue weighted by molar-refractivity contribution is 6.32. The molecule has 1 saturated heterocycles. The molecule has 34 heavy (non-hydrogen) atoms. The van der Waals surface area contributed by atoms with Gasteiger partial charge in [-0.1, -0.05) is 6.07 Å². The monoisotopic (exact) mass is 464 g/mol. The molecule has 4 rings (SSSR count). The van der Waals surface area contributed by atoms with E-state index in [9.17, 15) is 18.8 Å². The van der Waals surface area contributed by atoms with Crippen molar-refractivity contribution < 1.29 is 23.5 Å². The number of benzene rings is 2. The van der Waals surface area contributed by atoms with Crippen LogP contribution in [0.4, 0.5) is 10.1 Å². The van der Waals surface area contributed by atoms with E-state index < -0.39 is 17.3 Å². The van der Waals surface area contributed by atoms with E-state index in [2.05, 4.69) is 10.6 Å². The van der Waals surface area contributed by atoms with Crippen molar-refractivity contribution in [2.75, 3.05) is 32.6 Å². The number of piperidine rings is 1. The molecule has 0 saturated carbocycles. The summed E-state index contributed by atoms with van der Waals surface area (Å²) in [5.74, 6) is -1.28. The van der Waals surface area contributed by atoms with Gasteiger partial charge in [0.25, 0.3) is 5.91 Å². The second-order valence-electron chi connectivity index (χ2n) is 8.78. The maximum absolute atomic E-state index is 14.4. The fourth-order valence-electron chi connectivity index (χ4n) is 4.11. The van der Waals surface area contributed by atoms with Gasteiger partial charge in [0.1, 0.15) is 26.0 Å². The summed E-state index contributed by atoms with van der Waals surface area (Å²) in [5.41, 5.74) is 0.539. The number of halogens is 1. The molecule has 3 amide bonds. The van der Waals surface area contributed by atoms with E-state index in [4.69, 9.17) is 12.6 Å². The lowest BCUT2D eigenvalue weighted by Gasteiger charge is -2.40. The number of nitrogens with one attached hydrogen (secondary N) is 2. The fraction of sp³-hybridized carbons (Fsp3) is 0.375. The van der Waals surface area contributed by atoms with Gasteiger partial charge in [-0.25, -0.2) is 4.39 Å². The van der Waals surface area contributed by atoms with Crippen molar-refractivity contribution in [1.29, 1.82) is 0 Å². The van der Waals surface area contributed by atoms with Gasteiger partial charge in [-0.3, -0.25) is 19.7 Å². The van der Waals surface area contributed by atoms with E-state index in [-0.39, 0.29) is 37.7 Å². The zero-order valence-electron chi connectivity index (χ0n) is 19.2. The summed E-state index contributed by atoms with van der Waals surface area (Å²) in [4.78, 5) is 40.4. The Labute approximate surface area is 198 Å². The average Bonchev–Trinajstić information content (AvgIpc) is 3.14. The molecular weight excluding hydrogens is 438 g/mol. The lowest BCUT2D eigenvalue weighted by Crippen LogP contribution is -2.63. The molecule has 2 aliphatic rings. The number of ether oxygens (including phenoxy) is 1. The Balaban J connectivity index is 1.49. The molecule has 2 radical (unpaired) electrons. The Hall–Kier alpha value is -3.40. The van der Waals surface area contributed by atoms with Crippen molar-refractivity contribution in [1.82, 2.24) is 15.1 Å². The van der Waals surface area contributed by atoms with Gasteiger partial charge in [-0.15, -0.1) is 0 Å². The van der Waals surface area contributed by atoms with E-state index in [1.807, 2.05) is 19.0 Å². The van der Waals surface area contributed by atoms with Crippen LogP contribution in [0.25, 0.3) is 0 Å². The number of fused-ring (bicyclic) bond motifs is 1. The summed E-state index contributed by atoms with van der Waals surface area (Å²) in [6, 6.07) is 9.77. The number of carbonyl (C=O) groups is 3. The average molecular weight is 464 g/mol. The number of amides is 3. The molecule has 2 aromatic rings. The lowest BCUT2D eigenvalue weighted by atomic mass is 9.70. The van der Waals surface area contributed by atoms with Crippen molar-refractivity contribution >= 4 is 31.3 Å². The molecule has 2 aliphatic heterocycles. The van der Waals surface area contributed by atoms with Crippen LogP contribution >= 0.6 is 0 Å². The number of hydrogen-bond donors (Lipinski definition) is 2. The summed E-state index contributed by atoms with van der Waals surface area (Å²) in [6.45, 7) is 1.49. The molecule has 0 spiro atoms.